The van der Waals surface area contributed by atoms with Crippen LogP contribution in [0.2, 0.25) is 0 Å². The fraction of sp³-hybridized carbons (Fsp3) is 0. The molecule has 0 atom stereocenters. The maximum atomic E-state index is 10.7. The molecule has 72 valence electrons. The smallest absolute Gasteiger partial charge is 0.349 e. The van der Waals surface area contributed by atoms with Gasteiger partial charge in [-0.1, -0.05) is 6.07 Å². The SMILES string of the molecule is O=C(O)c1sc2c(O)cccc2c1O. The first kappa shape index (κ1) is 8.83. The second-order valence-corrected chi connectivity index (χ2v) is 3.76. The van der Waals surface area contributed by atoms with E-state index in [2.05, 4.69) is 0 Å². The van der Waals surface area contributed by atoms with Gasteiger partial charge in [0.25, 0.3) is 0 Å². The molecule has 0 fully saturated rings. The second-order valence-electron chi connectivity index (χ2n) is 2.74. The molecule has 0 aliphatic heterocycles. The third-order valence-electron chi connectivity index (χ3n) is 1.86. The number of aromatic carboxylic acids is 1. The number of fused-ring (bicyclic) bond motifs is 1. The number of hydrogen-bond acceptors (Lipinski definition) is 4. The van der Waals surface area contributed by atoms with E-state index in [1.165, 1.54) is 6.07 Å². The van der Waals surface area contributed by atoms with Crippen LogP contribution in [0.25, 0.3) is 10.1 Å². The number of phenols is 1. The molecule has 4 nitrogen and oxygen atoms in total. The Kier molecular flexibility index (Phi) is 1.82. The molecule has 14 heavy (non-hydrogen) atoms. The van der Waals surface area contributed by atoms with Crippen molar-refractivity contribution >= 4 is 27.4 Å². The number of rotatable bonds is 1. The Balaban J connectivity index is 2.86. The van der Waals surface area contributed by atoms with Gasteiger partial charge >= 0.3 is 5.97 Å². The largest absolute Gasteiger partial charge is 0.506 e. The zero-order valence-electron chi connectivity index (χ0n) is 6.89. The molecule has 3 N–H and O–H groups in total. The lowest BCUT2D eigenvalue weighted by Crippen LogP contribution is -1.90. The number of thiophene rings is 1. The van der Waals surface area contributed by atoms with Crippen molar-refractivity contribution in [2.75, 3.05) is 0 Å². The summed E-state index contributed by atoms with van der Waals surface area (Å²) >= 11 is 0.859. The molecule has 2 rings (SSSR count). The van der Waals surface area contributed by atoms with Crippen molar-refractivity contribution in [1.29, 1.82) is 0 Å². The third kappa shape index (κ3) is 1.10. The highest BCUT2D eigenvalue weighted by atomic mass is 32.1. The van der Waals surface area contributed by atoms with E-state index >= 15 is 0 Å². The van der Waals surface area contributed by atoms with Crippen molar-refractivity contribution in [2.45, 2.75) is 0 Å². The summed E-state index contributed by atoms with van der Waals surface area (Å²) in [5.74, 6) is -1.49. The van der Waals surface area contributed by atoms with Gasteiger partial charge in [-0.2, -0.15) is 0 Å². The number of carbonyl (C=O) groups is 1. The standard InChI is InChI=1S/C9H6O4S/c10-5-3-1-2-4-6(11)8(9(12)13)14-7(4)5/h1-3,10-11H,(H,12,13). The van der Waals surface area contributed by atoms with Gasteiger partial charge in [-0.25, -0.2) is 4.79 Å². The highest BCUT2D eigenvalue weighted by molar-refractivity contribution is 7.21. The van der Waals surface area contributed by atoms with Crippen LogP contribution >= 0.6 is 11.3 Å². The van der Waals surface area contributed by atoms with E-state index in [9.17, 15) is 15.0 Å². The van der Waals surface area contributed by atoms with Crippen LogP contribution in [-0.4, -0.2) is 21.3 Å². The average Bonchev–Trinajstić information content (AvgIpc) is 2.46. The van der Waals surface area contributed by atoms with E-state index in [4.69, 9.17) is 5.11 Å². The van der Waals surface area contributed by atoms with Crippen LogP contribution in [0.15, 0.2) is 18.2 Å². The van der Waals surface area contributed by atoms with Crippen molar-refractivity contribution in [2.24, 2.45) is 0 Å². The number of hydrogen-bond donors (Lipinski definition) is 3. The number of aromatic hydroxyl groups is 2. The number of carboxylic acids is 1. The van der Waals surface area contributed by atoms with Crippen LogP contribution in [0, 0.1) is 0 Å². The molecule has 2 aromatic rings. The molecular weight excluding hydrogens is 204 g/mol. The Bertz CT molecular complexity index is 515. The number of phenolic OH excluding ortho intramolecular Hbond substituents is 1. The molecular formula is C9H6O4S. The van der Waals surface area contributed by atoms with Gasteiger partial charge in [0, 0.05) is 5.39 Å². The molecule has 0 unspecified atom stereocenters. The van der Waals surface area contributed by atoms with Crippen molar-refractivity contribution in [3.05, 3.63) is 23.1 Å². The van der Waals surface area contributed by atoms with Gasteiger partial charge in [0.05, 0.1) is 4.70 Å². The summed E-state index contributed by atoms with van der Waals surface area (Å²) in [7, 11) is 0. The highest BCUT2D eigenvalue weighted by Crippen LogP contribution is 2.40. The Labute approximate surface area is 82.7 Å². The maximum Gasteiger partial charge on any atom is 0.349 e. The molecule has 0 spiro atoms. The van der Waals surface area contributed by atoms with Crippen LogP contribution < -0.4 is 0 Å². The molecule has 0 saturated heterocycles. The summed E-state index contributed by atoms with van der Waals surface area (Å²) in [4.78, 5) is 10.5. The summed E-state index contributed by atoms with van der Waals surface area (Å²) in [5.41, 5.74) is 0. The van der Waals surface area contributed by atoms with E-state index < -0.39 is 5.97 Å². The first-order chi connectivity index (χ1) is 6.61. The first-order valence-corrected chi connectivity index (χ1v) is 4.59. The molecule has 1 heterocycles. The van der Waals surface area contributed by atoms with Crippen LogP contribution in [-0.2, 0) is 0 Å². The summed E-state index contributed by atoms with van der Waals surface area (Å²) in [6.07, 6.45) is 0. The quantitative estimate of drug-likeness (QED) is 0.672. The van der Waals surface area contributed by atoms with E-state index in [0.717, 1.165) is 11.3 Å². The van der Waals surface area contributed by atoms with Gasteiger partial charge in [0.15, 0.2) is 4.88 Å². The maximum absolute atomic E-state index is 10.7. The lowest BCUT2D eigenvalue weighted by molar-refractivity contribution is 0.0699. The molecule has 1 aromatic carbocycles. The normalized spacial score (nSPS) is 10.6. The summed E-state index contributed by atoms with van der Waals surface area (Å²) in [6, 6.07) is 4.56. The molecule has 0 aliphatic rings. The van der Waals surface area contributed by atoms with Gasteiger partial charge < -0.3 is 15.3 Å². The van der Waals surface area contributed by atoms with E-state index in [0.29, 0.717) is 10.1 Å². The van der Waals surface area contributed by atoms with Gasteiger partial charge in [-0.3, -0.25) is 0 Å². The van der Waals surface area contributed by atoms with Crippen molar-refractivity contribution in [1.82, 2.24) is 0 Å². The summed E-state index contributed by atoms with van der Waals surface area (Å²) in [5, 5.41) is 28.0. The van der Waals surface area contributed by atoms with Crippen molar-refractivity contribution in [3.8, 4) is 11.5 Å². The van der Waals surface area contributed by atoms with Gasteiger partial charge in [0.1, 0.15) is 11.5 Å². The summed E-state index contributed by atoms with van der Waals surface area (Å²) in [6.45, 7) is 0. The molecule has 0 amide bonds. The van der Waals surface area contributed by atoms with Crippen LogP contribution in [0.3, 0.4) is 0 Å². The Morgan fingerprint density at radius 3 is 2.57 bits per heavy atom. The fourth-order valence-electron chi connectivity index (χ4n) is 1.24. The van der Waals surface area contributed by atoms with Gasteiger partial charge in [-0.15, -0.1) is 11.3 Å². The van der Waals surface area contributed by atoms with E-state index in [1.807, 2.05) is 0 Å². The van der Waals surface area contributed by atoms with Gasteiger partial charge in [0.2, 0.25) is 0 Å². The predicted molar refractivity (Wildman–Crippen MR) is 52.1 cm³/mol. The van der Waals surface area contributed by atoms with Crippen LogP contribution in [0.1, 0.15) is 9.67 Å². The Morgan fingerprint density at radius 1 is 1.29 bits per heavy atom. The molecule has 0 saturated carbocycles. The minimum atomic E-state index is -1.19. The third-order valence-corrected chi connectivity index (χ3v) is 3.07. The van der Waals surface area contributed by atoms with Gasteiger partial charge in [-0.05, 0) is 12.1 Å². The minimum Gasteiger partial charge on any atom is -0.506 e. The van der Waals surface area contributed by atoms with E-state index in [-0.39, 0.29) is 16.4 Å². The highest BCUT2D eigenvalue weighted by Gasteiger charge is 2.18. The molecule has 0 bridgehead atoms. The fourth-order valence-corrected chi connectivity index (χ4v) is 2.18. The minimum absolute atomic E-state index is 0.0182. The molecule has 0 radical (unpaired) electrons. The lowest BCUT2D eigenvalue weighted by atomic mass is 10.2. The van der Waals surface area contributed by atoms with Crippen LogP contribution in [0.4, 0.5) is 0 Å². The molecule has 5 heteroatoms. The zero-order valence-corrected chi connectivity index (χ0v) is 7.71. The van der Waals surface area contributed by atoms with Crippen molar-refractivity contribution < 1.29 is 20.1 Å². The Hall–Kier alpha value is -1.75. The summed E-state index contributed by atoms with van der Waals surface area (Å²) < 4.78 is 0.391. The van der Waals surface area contributed by atoms with E-state index in [1.54, 1.807) is 12.1 Å². The zero-order chi connectivity index (χ0) is 10.3. The Morgan fingerprint density at radius 2 is 2.00 bits per heavy atom. The predicted octanol–water partition coefficient (Wildman–Crippen LogP) is 2.01. The number of carboxylic acid groups (broad SMARTS) is 1. The first-order valence-electron chi connectivity index (χ1n) is 3.78. The second kappa shape index (κ2) is 2.88. The van der Waals surface area contributed by atoms with Crippen molar-refractivity contribution in [3.63, 3.8) is 0 Å². The molecule has 0 aliphatic carbocycles. The average molecular weight is 210 g/mol. The monoisotopic (exact) mass is 210 g/mol. The number of benzene rings is 1. The molecule has 1 aromatic heterocycles. The lowest BCUT2D eigenvalue weighted by Gasteiger charge is -1.92. The van der Waals surface area contributed by atoms with Crippen LogP contribution in [0.5, 0.6) is 11.5 Å². The topological polar surface area (TPSA) is 77.8 Å².